The molecule has 5 nitrogen and oxygen atoms in total. The van der Waals surface area contributed by atoms with Crippen LogP contribution in [0.2, 0.25) is 0 Å². The van der Waals surface area contributed by atoms with E-state index in [-0.39, 0.29) is 0 Å². The second-order valence-electron chi connectivity index (χ2n) is 6.13. The second-order valence-corrected chi connectivity index (χ2v) is 6.13. The van der Waals surface area contributed by atoms with Crippen LogP contribution >= 0.6 is 0 Å². The zero-order valence-electron chi connectivity index (χ0n) is 13.5. The predicted molar refractivity (Wildman–Crippen MR) is 92.3 cm³/mol. The fraction of sp³-hybridized carbons (Fsp3) is 0.647. The molecular weight excluding hydrogens is 274 g/mol. The van der Waals surface area contributed by atoms with E-state index in [9.17, 15) is 0 Å². The summed E-state index contributed by atoms with van der Waals surface area (Å²) in [7, 11) is 0. The Balaban J connectivity index is 1.59. The Morgan fingerprint density at radius 3 is 2.23 bits per heavy atom. The molecule has 0 spiro atoms. The molecule has 1 fully saturated rings. The molecule has 0 unspecified atom stereocenters. The first-order valence-corrected chi connectivity index (χ1v) is 8.52. The molecule has 1 saturated heterocycles. The predicted octanol–water partition coefficient (Wildman–Crippen LogP) is 0.719. The van der Waals surface area contributed by atoms with Crippen molar-refractivity contribution >= 4 is 0 Å². The molecule has 0 aliphatic carbocycles. The maximum atomic E-state index is 5.24. The van der Waals surface area contributed by atoms with Gasteiger partial charge in [-0.3, -0.25) is 11.3 Å². The van der Waals surface area contributed by atoms with Gasteiger partial charge < -0.3 is 16.0 Å². The summed E-state index contributed by atoms with van der Waals surface area (Å²) < 4.78 is 0. The topological polar surface area (TPSA) is 74.1 Å². The van der Waals surface area contributed by atoms with Crippen molar-refractivity contribution in [2.24, 2.45) is 11.8 Å². The molecule has 0 bridgehead atoms. The quantitative estimate of drug-likeness (QED) is 0.250. The maximum Gasteiger partial charge on any atom is 0.0205 e. The van der Waals surface area contributed by atoms with Crippen LogP contribution in [0.25, 0.3) is 0 Å². The van der Waals surface area contributed by atoms with Crippen LogP contribution in [-0.4, -0.2) is 32.7 Å². The van der Waals surface area contributed by atoms with Gasteiger partial charge in [-0.25, -0.2) is 0 Å². The van der Waals surface area contributed by atoms with Gasteiger partial charge in [0.15, 0.2) is 0 Å². The van der Waals surface area contributed by atoms with Crippen LogP contribution in [0, 0.1) is 5.92 Å². The Hall–Kier alpha value is -0.980. The van der Waals surface area contributed by atoms with Gasteiger partial charge >= 0.3 is 0 Å². The van der Waals surface area contributed by atoms with Gasteiger partial charge in [0.25, 0.3) is 0 Å². The Bertz CT molecular complexity index is 387. The van der Waals surface area contributed by atoms with Crippen molar-refractivity contribution < 1.29 is 0 Å². The standard InChI is InChI=1S/C17H31N5/c18-22-9-1-8-20-12-15-2-4-16(5-3-15)13-21-14-17-6-10-19-11-7-17/h2-5,17,19-22H,1,6-14,18H2. The van der Waals surface area contributed by atoms with Crippen molar-refractivity contribution in [3.8, 4) is 0 Å². The Morgan fingerprint density at radius 2 is 1.59 bits per heavy atom. The summed E-state index contributed by atoms with van der Waals surface area (Å²) in [6.45, 7) is 7.23. The van der Waals surface area contributed by atoms with Gasteiger partial charge in [-0.1, -0.05) is 24.3 Å². The zero-order valence-corrected chi connectivity index (χ0v) is 13.5. The van der Waals surface area contributed by atoms with E-state index in [0.29, 0.717) is 0 Å². The lowest BCUT2D eigenvalue weighted by Crippen LogP contribution is -2.33. The summed E-state index contributed by atoms with van der Waals surface area (Å²) >= 11 is 0. The Labute approximate surface area is 134 Å². The lowest BCUT2D eigenvalue weighted by molar-refractivity contribution is 0.356. The minimum atomic E-state index is 0.840. The lowest BCUT2D eigenvalue weighted by atomic mass is 9.98. The first-order valence-electron chi connectivity index (χ1n) is 8.52. The number of nitrogens with two attached hydrogens (primary N) is 1. The van der Waals surface area contributed by atoms with Crippen LogP contribution < -0.4 is 27.2 Å². The molecular formula is C17H31N5. The maximum absolute atomic E-state index is 5.24. The third-order valence-electron chi connectivity index (χ3n) is 4.25. The summed E-state index contributed by atoms with van der Waals surface area (Å²) in [6.07, 6.45) is 3.66. The molecule has 124 valence electrons. The van der Waals surface area contributed by atoms with E-state index < -0.39 is 0 Å². The number of hydrazine groups is 1. The number of hydrogen-bond acceptors (Lipinski definition) is 5. The van der Waals surface area contributed by atoms with Crippen LogP contribution in [0.5, 0.6) is 0 Å². The average molecular weight is 305 g/mol. The third-order valence-corrected chi connectivity index (χ3v) is 4.25. The summed E-state index contributed by atoms with van der Waals surface area (Å²) in [5, 5.41) is 10.4. The average Bonchev–Trinajstić information content (AvgIpc) is 2.57. The van der Waals surface area contributed by atoms with Crippen molar-refractivity contribution in [3.05, 3.63) is 35.4 Å². The van der Waals surface area contributed by atoms with E-state index in [2.05, 4.69) is 45.6 Å². The minimum absolute atomic E-state index is 0.840. The number of nitrogens with one attached hydrogen (secondary N) is 4. The molecule has 5 heteroatoms. The molecule has 0 atom stereocenters. The minimum Gasteiger partial charge on any atom is -0.317 e. The normalized spacial score (nSPS) is 16.0. The first-order chi connectivity index (χ1) is 10.9. The van der Waals surface area contributed by atoms with Gasteiger partial charge in [-0.15, -0.1) is 0 Å². The molecule has 0 amide bonds. The highest BCUT2D eigenvalue weighted by Crippen LogP contribution is 2.10. The van der Waals surface area contributed by atoms with Crippen LogP contribution in [0.1, 0.15) is 30.4 Å². The molecule has 2 rings (SSSR count). The highest BCUT2D eigenvalue weighted by atomic mass is 15.2. The smallest absolute Gasteiger partial charge is 0.0205 e. The molecule has 6 N–H and O–H groups in total. The van der Waals surface area contributed by atoms with Crippen LogP contribution in [0.4, 0.5) is 0 Å². The highest BCUT2D eigenvalue weighted by Gasteiger charge is 2.11. The molecule has 1 aromatic rings. The molecule has 1 heterocycles. The van der Waals surface area contributed by atoms with Crippen molar-refractivity contribution in [1.82, 2.24) is 21.4 Å². The highest BCUT2D eigenvalue weighted by molar-refractivity contribution is 5.22. The second kappa shape index (κ2) is 10.7. The lowest BCUT2D eigenvalue weighted by Gasteiger charge is -2.22. The van der Waals surface area contributed by atoms with Crippen molar-refractivity contribution in [2.45, 2.75) is 32.4 Å². The molecule has 1 aromatic carbocycles. The van der Waals surface area contributed by atoms with Gasteiger partial charge in [-0.05, 0) is 62.5 Å². The van der Waals surface area contributed by atoms with Crippen molar-refractivity contribution in [3.63, 3.8) is 0 Å². The van der Waals surface area contributed by atoms with Gasteiger partial charge in [0.2, 0.25) is 0 Å². The fourth-order valence-electron chi connectivity index (χ4n) is 2.83. The molecule has 0 saturated carbocycles. The van der Waals surface area contributed by atoms with Crippen LogP contribution in [0.15, 0.2) is 24.3 Å². The number of hydrogen-bond donors (Lipinski definition) is 5. The van der Waals surface area contributed by atoms with Crippen molar-refractivity contribution in [2.75, 3.05) is 32.7 Å². The summed E-state index contributed by atoms with van der Waals surface area (Å²) in [5.74, 6) is 6.08. The zero-order chi connectivity index (χ0) is 15.5. The van der Waals surface area contributed by atoms with E-state index in [1.54, 1.807) is 0 Å². The van der Waals surface area contributed by atoms with Gasteiger partial charge in [-0.2, -0.15) is 0 Å². The third kappa shape index (κ3) is 6.85. The summed E-state index contributed by atoms with van der Waals surface area (Å²) in [6, 6.07) is 8.90. The van der Waals surface area contributed by atoms with Crippen LogP contribution in [0.3, 0.4) is 0 Å². The van der Waals surface area contributed by atoms with Crippen LogP contribution in [-0.2, 0) is 13.1 Å². The van der Waals surface area contributed by atoms with Gasteiger partial charge in [0, 0.05) is 19.6 Å². The fourth-order valence-corrected chi connectivity index (χ4v) is 2.83. The largest absolute Gasteiger partial charge is 0.317 e. The van der Waals surface area contributed by atoms with E-state index in [0.717, 1.165) is 45.1 Å². The summed E-state index contributed by atoms with van der Waals surface area (Å²) in [4.78, 5) is 0. The van der Waals surface area contributed by atoms with E-state index in [4.69, 9.17) is 5.84 Å². The van der Waals surface area contributed by atoms with Gasteiger partial charge in [0.05, 0.1) is 0 Å². The summed E-state index contributed by atoms with van der Waals surface area (Å²) in [5.41, 5.74) is 5.37. The van der Waals surface area contributed by atoms with E-state index in [1.165, 1.54) is 37.1 Å². The van der Waals surface area contributed by atoms with E-state index >= 15 is 0 Å². The molecule has 1 aliphatic heterocycles. The monoisotopic (exact) mass is 305 g/mol. The number of benzene rings is 1. The van der Waals surface area contributed by atoms with Gasteiger partial charge in [0.1, 0.15) is 0 Å². The molecule has 22 heavy (non-hydrogen) atoms. The molecule has 1 aliphatic rings. The Kier molecular flexibility index (Phi) is 8.45. The molecule has 0 aromatic heterocycles. The Morgan fingerprint density at radius 1 is 0.955 bits per heavy atom. The van der Waals surface area contributed by atoms with Crippen molar-refractivity contribution in [1.29, 1.82) is 0 Å². The number of rotatable bonds is 10. The number of piperidine rings is 1. The molecule has 0 radical (unpaired) electrons. The van der Waals surface area contributed by atoms with E-state index in [1.807, 2.05) is 0 Å². The first kappa shape index (κ1) is 17.4. The SMILES string of the molecule is NNCCCNCc1ccc(CNCC2CCNCC2)cc1.